The van der Waals surface area contributed by atoms with Gasteiger partial charge in [0, 0.05) is 11.8 Å². The first-order valence-corrected chi connectivity index (χ1v) is 17.2. The molecule has 0 amide bonds. The van der Waals surface area contributed by atoms with Crippen molar-refractivity contribution in [1.82, 2.24) is 0 Å². The average Bonchev–Trinajstić information content (AvgIpc) is 3.35. The molecule has 10 atom stereocenters. The van der Waals surface area contributed by atoms with Crippen LogP contribution < -0.4 is 0 Å². The van der Waals surface area contributed by atoms with Crippen LogP contribution in [0.5, 0.6) is 0 Å². The molecule has 0 aromatic heterocycles. The zero-order chi connectivity index (χ0) is 30.4. The molecule has 0 radical (unpaired) electrons. The summed E-state index contributed by atoms with van der Waals surface area (Å²) in [5.74, 6) is 2.03. The fraction of sp³-hybridized carbons (Fsp3) is 0.744. The smallest absolute Gasteiger partial charge is 0.206 e. The van der Waals surface area contributed by atoms with E-state index in [0.29, 0.717) is 23.7 Å². The van der Waals surface area contributed by atoms with Crippen molar-refractivity contribution in [2.75, 3.05) is 0 Å². The van der Waals surface area contributed by atoms with E-state index in [1.54, 1.807) is 5.57 Å². The van der Waals surface area contributed by atoms with Crippen LogP contribution >= 0.6 is 0 Å². The van der Waals surface area contributed by atoms with Crippen molar-refractivity contribution in [1.29, 1.82) is 0 Å². The van der Waals surface area contributed by atoms with Crippen molar-refractivity contribution in [3.05, 3.63) is 47.1 Å². The van der Waals surface area contributed by atoms with E-state index < -0.39 is 5.60 Å². The van der Waals surface area contributed by atoms with Crippen LogP contribution in [0.3, 0.4) is 0 Å². The molecule has 3 saturated carbocycles. The molecule has 1 N–H and O–H groups in total. The van der Waals surface area contributed by atoms with E-state index in [9.17, 15) is 14.7 Å². The largest absolute Gasteiger partial charge is 0.390 e. The molecule has 3 nitrogen and oxygen atoms in total. The summed E-state index contributed by atoms with van der Waals surface area (Å²) in [7, 11) is 0. The van der Waals surface area contributed by atoms with Crippen LogP contribution in [0.1, 0.15) is 113 Å². The molecular formula is C39H56O3. The van der Waals surface area contributed by atoms with Gasteiger partial charge in [0.05, 0.1) is 11.5 Å². The second-order valence-corrected chi connectivity index (χ2v) is 17.2. The number of allylic oxidation sites excluding steroid dienone is 7. The topological polar surface area (TPSA) is 54.4 Å². The van der Waals surface area contributed by atoms with Crippen LogP contribution in [0, 0.1) is 63.6 Å². The number of hydrogen-bond acceptors (Lipinski definition) is 3. The Hall–Kier alpha value is -1.74. The molecule has 230 valence electrons. The summed E-state index contributed by atoms with van der Waals surface area (Å²) in [4.78, 5) is 27.3. The Kier molecular flexibility index (Phi) is 7.32. The molecule has 42 heavy (non-hydrogen) atoms. The summed E-state index contributed by atoms with van der Waals surface area (Å²) < 4.78 is 0. The Balaban J connectivity index is 1.31. The summed E-state index contributed by atoms with van der Waals surface area (Å²) in [5.41, 5.74) is 3.56. The van der Waals surface area contributed by atoms with E-state index in [1.165, 1.54) is 31.3 Å². The molecule has 0 aromatic rings. The minimum atomic E-state index is -0.704. The predicted octanol–water partition coefficient (Wildman–Crippen LogP) is 8.83. The number of carbonyl (C=O) groups is 2. The van der Waals surface area contributed by atoms with E-state index in [2.05, 4.69) is 71.9 Å². The number of ketones is 2. The molecule has 7 rings (SSSR count). The molecular weight excluding hydrogens is 516 g/mol. The third-order valence-electron chi connectivity index (χ3n) is 13.8. The molecule has 3 heteroatoms. The number of fused-ring (bicyclic) bond motifs is 3. The number of rotatable bonds is 4. The lowest BCUT2D eigenvalue weighted by molar-refractivity contribution is -0.153. The maximum atomic E-state index is 13.8. The summed E-state index contributed by atoms with van der Waals surface area (Å²) >= 11 is 0. The van der Waals surface area contributed by atoms with E-state index in [4.69, 9.17) is 0 Å². The molecule has 0 unspecified atom stereocenters. The van der Waals surface area contributed by atoms with Gasteiger partial charge in [0.25, 0.3) is 0 Å². The summed E-state index contributed by atoms with van der Waals surface area (Å²) in [6.07, 6.45) is 21.5. The van der Waals surface area contributed by atoms with Gasteiger partial charge < -0.3 is 5.11 Å². The van der Waals surface area contributed by atoms with Crippen molar-refractivity contribution in [3.63, 3.8) is 0 Å². The quantitative estimate of drug-likeness (QED) is 0.270. The van der Waals surface area contributed by atoms with E-state index in [1.807, 2.05) is 13.8 Å². The van der Waals surface area contributed by atoms with Gasteiger partial charge in [-0.05, 0) is 130 Å². The van der Waals surface area contributed by atoms with Crippen molar-refractivity contribution >= 4 is 11.6 Å². The second-order valence-electron chi connectivity index (χ2n) is 17.2. The number of aliphatic hydroxyl groups is 1. The van der Waals surface area contributed by atoms with E-state index in [-0.39, 0.29) is 51.5 Å². The summed E-state index contributed by atoms with van der Waals surface area (Å²) in [6, 6.07) is 0. The lowest BCUT2D eigenvalue weighted by Crippen LogP contribution is -2.58. The zero-order valence-corrected chi connectivity index (χ0v) is 27.6. The Morgan fingerprint density at radius 3 is 2.43 bits per heavy atom. The Bertz CT molecular complexity index is 1270. The van der Waals surface area contributed by atoms with Crippen LogP contribution in [0.2, 0.25) is 0 Å². The molecule has 7 aliphatic carbocycles. The van der Waals surface area contributed by atoms with Crippen molar-refractivity contribution in [3.8, 4) is 0 Å². The highest BCUT2D eigenvalue weighted by Gasteiger charge is 2.70. The van der Waals surface area contributed by atoms with Gasteiger partial charge in [0.2, 0.25) is 11.6 Å². The van der Waals surface area contributed by atoms with Gasteiger partial charge in [-0.1, -0.05) is 76.1 Å². The zero-order valence-electron chi connectivity index (χ0n) is 27.6. The fourth-order valence-electron chi connectivity index (χ4n) is 11.0. The first kappa shape index (κ1) is 30.3. The fourth-order valence-corrected chi connectivity index (χ4v) is 11.0. The molecule has 2 bridgehead atoms. The van der Waals surface area contributed by atoms with E-state index >= 15 is 0 Å². The van der Waals surface area contributed by atoms with Crippen molar-refractivity contribution in [2.24, 2.45) is 63.6 Å². The summed E-state index contributed by atoms with van der Waals surface area (Å²) in [6.45, 7) is 18.2. The molecule has 0 aliphatic heterocycles. The lowest BCUT2D eigenvalue weighted by Gasteiger charge is -2.54. The Labute approximate surface area is 255 Å². The van der Waals surface area contributed by atoms with Crippen LogP contribution in [0.15, 0.2) is 47.1 Å². The highest BCUT2D eigenvalue weighted by Crippen LogP contribution is 2.72. The van der Waals surface area contributed by atoms with Gasteiger partial charge >= 0.3 is 0 Å². The number of Topliss-reactive ketones (excluding diaryl/α,β-unsaturated/α-hetero) is 2. The van der Waals surface area contributed by atoms with Gasteiger partial charge in [-0.25, -0.2) is 0 Å². The van der Waals surface area contributed by atoms with Gasteiger partial charge in [0.15, 0.2) is 0 Å². The van der Waals surface area contributed by atoms with Gasteiger partial charge in [-0.15, -0.1) is 0 Å². The highest BCUT2D eigenvalue weighted by atomic mass is 16.3. The van der Waals surface area contributed by atoms with Gasteiger partial charge in [-0.2, -0.15) is 0 Å². The first-order chi connectivity index (χ1) is 19.6. The Morgan fingerprint density at radius 1 is 0.976 bits per heavy atom. The average molecular weight is 573 g/mol. The molecule has 0 heterocycles. The minimum absolute atomic E-state index is 0.0771. The van der Waals surface area contributed by atoms with Gasteiger partial charge in [-0.3, -0.25) is 9.59 Å². The van der Waals surface area contributed by atoms with Crippen LogP contribution in [0.25, 0.3) is 0 Å². The highest BCUT2D eigenvalue weighted by molar-refractivity contribution is 6.41. The maximum absolute atomic E-state index is 13.8. The predicted molar refractivity (Wildman–Crippen MR) is 171 cm³/mol. The normalized spacial score (nSPS) is 46.2. The molecule has 3 fully saturated rings. The molecule has 7 aliphatic rings. The molecule has 0 spiro atoms. The SMILES string of the molecule is C/C1=C/CC[C@]2(C)[C@@H]3C(=O)C(=O)[C@@H](C=C3/C=C/C[C@@]3(C)CC[C@H]4C3=C[C@H](C(C)(C)O)CC[C@H]4C)[C@H]2[C@H]2[C@H](CC1)C2(C)C. The lowest BCUT2D eigenvalue weighted by atomic mass is 9.47. The Morgan fingerprint density at radius 2 is 1.71 bits per heavy atom. The van der Waals surface area contributed by atoms with Crippen molar-refractivity contribution < 1.29 is 14.7 Å². The van der Waals surface area contributed by atoms with Gasteiger partial charge in [0.1, 0.15) is 0 Å². The standard InChI is InChI=1S/C39H56O3/c1-23-11-9-19-39(8)31-25(21-28(34(40)35(31)41)32(39)33-29(16-13-23)36(33,3)4)12-10-18-38(7)20-17-27-24(2)14-15-26(22-30(27)38)37(5,6)42/h10-12,21-22,24,26-29,31-33,42H,9,13-20H2,1-8H3/b12-10+,23-11-/t24-,26-,27-,28+,29+,31+,32+,33-,38+,39-/m1/s1. The van der Waals surface area contributed by atoms with Crippen LogP contribution in [0.4, 0.5) is 0 Å². The third kappa shape index (κ3) is 4.70. The van der Waals surface area contributed by atoms with E-state index in [0.717, 1.165) is 37.7 Å². The number of hydrogen-bond donors (Lipinski definition) is 1. The van der Waals surface area contributed by atoms with Crippen molar-refractivity contribution in [2.45, 2.75) is 119 Å². The maximum Gasteiger partial charge on any atom is 0.206 e. The van der Waals surface area contributed by atoms with Crippen LogP contribution in [-0.4, -0.2) is 22.3 Å². The summed E-state index contributed by atoms with van der Waals surface area (Å²) in [5, 5.41) is 10.9. The third-order valence-corrected chi connectivity index (χ3v) is 13.8. The monoisotopic (exact) mass is 572 g/mol. The van der Waals surface area contributed by atoms with Crippen LogP contribution in [-0.2, 0) is 9.59 Å². The molecule has 0 saturated heterocycles. The molecule has 0 aromatic carbocycles. The minimum Gasteiger partial charge on any atom is -0.390 e. The first-order valence-electron chi connectivity index (χ1n) is 17.2. The second kappa shape index (κ2) is 10.1. The number of carbonyl (C=O) groups excluding carboxylic acids is 2.